The molecule has 1 aromatic rings. The molecule has 20 heavy (non-hydrogen) atoms. The Bertz CT molecular complexity index is 516. The van der Waals surface area contributed by atoms with Crippen LogP contribution in [0.3, 0.4) is 0 Å². The normalized spacial score (nSPS) is 17.4. The minimum atomic E-state index is -0.823. The second-order valence-corrected chi connectivity index (χ2v) is 6.78. The summed E-state index contributed by atoms with van der Waals surface area (Å²) in [4.78, 5) is 25.0. The van der Waals surface area contributed by atoms with Gasteiger partial charge in [0.05, 0.1) is 12.2 Å². The van der Waals surface area contributed by atoms with Gasteiger partial charge in [-0.25, -0.2) is 0 Å². The lowest BCUT2D eigenvalue weighted by atomic mass is 9.98. The molecule has 0 spiro atoms. The Labute approximate surface area is 123 Å². The first-order chi connectivity index (χ1) is 9.49. The van der Waals surface area contributed by atoms with E-state index in [4.69, 9.17) is 5.11 Å². The van der Waals surface area contributed by atoms with E-state index >= 15 is 0 Å². The number of carboxylic acids is 1. The monoisotopic (exact) mass is 293 g/mol. The Morgan fingerprint density at radius 3 is 2.75 bits per heavy atom. The summed E-state index contributed by atoms with van der Waals surface area (Å²) in [7, 11) is 0. The summed E-state index contributed by atoms with van der Waals surface area (Å²) in [5.41, 5.74) is 1.84. The Morgan fingerprint density at radius 2 is 2.10 bits per heavy atom. The van der Waals surface area contributed by atoms with E-state index in [0.717, 1.165) is 11.3 Å². The van der Waals surface area contributed by atoms with Crippen molar-refractivity contribution in [1.29, 1.82) is 0 Å². The molecular formula is C15H19NO3S. The number of rotatable bonds is 5. The average Bonchev–Trinajstić information content (AvgIpc) is 2.74. The molecule has 0 radical (unpaired) electrons. The maximum Gasteiger partial charge on any atom is 0.304 e. The molecule has 1 unspecified atom stereocenters. The molecule has 1 aliphatic rings. The number of para-hydroxylation sites is 1. The van der Waals surface area contributed by atoms with Crippen LogP contribution in [-0.2, 0) is 9.59 Å². The number of anilines is 1. The predicted octanol–water partition coefficient (Wildman–Crippen LogP) is 2.73. The van der Waals surface area contributed by atoms with E-state index < -0.39 is 5.97 Å². The zero-order valence-electron chi connectivity index (χ0n) is 11.7. The Balaban J connectivity index is 2.16. The summed E-state index contributed by atoms with van der Waals surface area (Å²) in [5, 5.41) is 9.40. The Hall–Kier alpha value is -1.49. The van der Waals surface area contributed by atoms with Crippen molar-refractivity contribution in [3.05, 3.63) is 29.8 Å². The SMILES string of the molecule is CC(C)SCC(=O)N1CC(CC(=O)O)c2ccccc21. The van der Waals surface area contributed by atoms with Gasteiger partial charge in [-0.2, -0.15) is 0 Å². The molecule has 0 aromatic heterocycles. The van der Waals surface area contributed by atoms with Crippen LogP contribution >= 0.6 is 11.8 Å². The van der Waals surface area contributed by atoms with Crippen LogP contribution in [0.1, 0.15) is 31.7 Å². The molecule has 1 N–H and O–H groups in total. The van der Waals surface area contributed by atoms with Crippen molar-refractivity contribution >= 4 is 29.3 Å². The summed E-state index contributed by atoms with van der Waals surface area (Å²) in [6.07, 6.45) is 0.0676. The van der Waals surface area contributed by atoms with Crippen LogP contribution in [-0.4, -0.2) is 34.5 Å². The highest BCUT2D eigenvalue weighted by Gasteiger charge is 2.33. The van der Waals surface area contributed by atoms with Gasteiger partial charge in [0.1, 0.15) is 0 Å². The lowest BCUT2D eigenvalue weighted by Crippen LogP contribution is -2.32. The third-order valence-corrected chi connectivity index (χ3v) is 4.41. The molecule has 0 fully saturated rings. The van der Waals surface area contributed by atoms with E-state index in [9.17, 15) is 9.59 Å². The van der Waals surface area contributed by atoms with E-state index in [0.29, 0.717) is 17.5 Å². The molecule has 0 saturated carbocycles. The fourth-order valence-corrected chi connectivity index (χ4v) is 3.06. The van der Waals surface area contributed by atoms with Gasteiger partial charge < -0.3 is 10.0 Å². The first-order valence-electron chi connectivity index (χ1n) is 6.71. The molecule has 2 rings (SSSR count). The largest absolute Gasteiger partial charge is 0.481 e. The summed E-state index contributed by atoms with van der Waals surface area (Å²) in [5.74, 6) is -0.428. The molecule has 0 saturated heterocycles. The third kappa shape index (κ3) is 3.33. The summed E-state index contributed by atoms with van der Waals surface area (Å²) in [6, 6.07) is 7.60. The van der Waals surface area contributed by atoms with Crippen LogP contribution in [0.4, 0.5) is 5.69 Å². The minimum Gasteiger partial charge on any atom is -0.481 e. The number of thioether (sulfide) groups is 1. The van der Waals surface area contributed by atoms with Crippen molar-refractivity contribution in [3.63, 3.8) is 0 Å². The third-order valence-electron chi connectivity index (χ3n) is 3.33. The molecular weight excluding hydrogens is 274 g/mol. The van der Waals surface area contributed by atoms with Crippen LogP contribution < -0.4 is 4.90 Å². The number of amides is 1. The molecule has 1 aromatic carbocycles. The summed E-state index contributed by atoms with van der Waals surface area (Å²) >= 11 is 1.61. The van der Waals surface area contributed by atoms with E-state index in [1.807, 2.05) is 24.3 Å². The van der Waals surface area contributed by atoms with Crippen molar-refractivity contribution in [3.8, 4) is 0 Å². The van der Waals surface area contributed by atoms with Crippen LogP contribution in [0.5, 0.6) is 0 Å². The number of fused-ring (bicyclic) bond motifs is 1. The number of hydrogen-bond acceptors (Lipinski definition) is 3. The quantitative estimate of drug-likeness (QED) is 0.907. The first-order valence-corrected chi connectivity index (χ1v) is 7.76. The van der Waals surface area contributed by atoms with Crippen LogP contribution in [0.15, 0.2) is 24.3 Å². The van der Waals surface area contributed by atoms with Crippen molar-refractivity contribution in [2.45, 2.75) is 31.4 Å². The van der Waals surface area contributed by atoms with Gasteiger partial charge in [-0.1, -0.05) is 32.0 Å². The topological polar surface area (TPSA) is 57.6 Å². The number of carbonyl (C=O) groups excluding carboxylic acids is 1. The van der Waals surface area contributed by atoms with E-state index in [1.54, 1.807) is 16.7 Å². The Morgan fingerprint density at radius 1 is 1.40 bits per heavy atom. The molecule has 1 atom stereocenters. The molecule has 1 amide bonds. The number of hydrogen-bond donors (Lipinski definition) is 1. The van der Waals surface area contributed by atoms with E-state index in [-0.39, 0.29) is 18.2 Å². The lowest BCUT2D eigenvalue weighted by Gasteiger charge is -2.18. The highest BCUT2D eigenvalue weighted by atomic mass is 32.2. The smallest absolute Gasteiger partial charge is 0.304 e. The highest BCUT2D eigenvalue weighted by molar-refractivity contribution is 8.00. The molecule has 1 heterocycles. The number of benzene rings is 1. The number of aliphatic carboxylic acids is 1. The predicted molar refractivity (Wildman–Crippen MR) is 81.4 cm³/mol. The average molecular weight is 293 g/mol. The maximum absolute atomic E-state index is 12.3. The zero-order chi connectivity index (χ0) is 14.7. The number of carboxylic acid groups (broad SMARTS) is 1. The minimum absolute atomic E-state index is 0.0593. The van der Waals surface area contributed by atoms with Gasteiger partial charge >= 0.3 is 5.97 Å². The Kier molecular flexibility index (Phi) is 4.70. The van der Waals surface area contributed by atoms with Crippen molar-refractivity contribution in [1.82, 2.24) is 0 Å². The van der Waals surface area contributed by atoms with Crippen LogP contribution in [0, 0.1) is 0 Å². The molecule has 1 aliphatic heterocycles. The fourth-order valence-electron chi connectivity index (χ4n) is 2.43. The molecule has 0 aliphatic carbocycles. The first kappa shape index (κ1) is 14.9. The van der Waals surface area contributed by atoms with Crippen LogP contribution in [0.2, 0.25) is 0 Å². The van der Waals surface area contributed by atoms with Gasteiger partial charge in [-0.3, -0.25) is 9.59 Å². The second-order valence-electron chi connectivity index (χ2n) is 5.22. The second kappa shape index (κ2) is 6.31. The standard InChI is InChI=1S/C15H19NO3S/c1-10(2)20-9-14(17)16-8-11(7-15(18)19)12-5-3-4-6-13(12)16/h3-6,10-11H,7-9H2,1-2H3,(H,18,19). The van der Waals surface area contributed by atoms with Crippen molar-refractivity contribution < 1.29 is 14.7 Å². The molecule has 5 heteroatoms. The van der Waals surface area contributed by atoms with E-state index in [1.165, 1.54) is 0 Å². The van der Waals surface area contributed by atoms with Gasteiger partial charge in [0, 0.05) is 18.2 Å². The van der Waals surface area contributed by atoms with Crippen molar-refractivity contribution in [2.75, 3.05) is 17.2 Å². The zero-order valence-corrected chi connectivity index (χ0v) is 12.5. The van der Waals surface area contributed by atoms with Crippen LogP contribution in [0.25, 0.3) is 0 Å². The molecule has 4 nitrogen and oxygen atoms in total. The number of carbonyl (C=O) groups is 2. The fraction of sp³-hybridized carbons (Fsp3) is 0.467. The van der Waals surface area contributed by atoms with Gasteiger partial charge in [-0.15, -0.1) is 11.8 Å². The summed E-state index contributed by atoms with van der Waals surface area (Å²) in [6.45, 7) is 4.59. The lowest BCUT2D eigenvalue weighted by molar-refractivity contribution is -0.137. The summed E-state index contributed by atoms with van der Waals surface area (Å²) < 4.78 is 0. The van der Waals surface area contributed by atoms with Gasteiger partial charge in [0.25, 0.3) is 0 Å². The molecule has 108 valence electrons. The van der Waals surface area contributed by atoms with E-state index in [2.05, 4.69) is 13.8 Å². The number of nitrogens with zero attached hydrogens (tertiary/aromatic N) is 1. The maximum atomic E-state index is 12.3. The van der Waals surface area contributed by atoms with Crippen molar-refractivity contribution in [2.24, 2.45) is 0 Å². The highest BCUT2D eigenvalue weighted by Crippen LogP contribution is 2.38. The molecule has 0 bridgehead atoms. The van der Waals surface area contributed by atoms with Gasteiger partial charge in [0.15, 0.2) is 0 Å². The van der Waals surface area contributed by atoms with Gasteiger partial charge in [0.2, 0.25) is 5.91 Å². The van der Waals surface area contributed by atoms with Gasteiger partial charge in [-0.05, 0) is 16.9 Å².